The number of carbonyl (C=O) groups is 1. The van der Waals surface area contributed by atoms with E-state index in [0.717, 1.165) is 30.2 Å². The van der Waals surface area contributed by atoms with Crippen molar-refractivity contribution in [3.05, 3.63) is 48.1 Å². The van der Waals surface area contributed by atoms with Gasteiger partial charge in [-0.3, -0.25) is 4.79 Å². The standard InChI is InChI=1S/C18H23N5O2/c1-21(2)11-12-25-16-6-3-15(4-7-16)5-8-18(24)22-9-10-23-14-19-20-17(23)13-22/h3-8,14H,9-13H2,1-2H3. The fraction of sp³-hybridized carbons (Fsp3) is 0.389. The Kier molecular flexibility index (Phi) is 5.45. The molecule has 0 atom stereocenters. The fourth-order valence-electron chi connectivity index (χ4n) is 2.55. The quantitative estimate of drug-likeness (QED) is 0.741. The molecule has 3 rings (SSSR count). The second kappa shape index (κ2) is 7.94. The highest BCUT2D eigenvalue weighted by Gasteiger charge is 2.19. The van der Waals surface area contributed by atoms with E-state index in [1.165, 1.54) is 0 Å². The monoisotopic (exact) mass is 341 g/mol. The first kappa shape index (κ1) is 17.2. The van der Waals surface area contributed by atoms with Gasteiger partial charge in [-0.2, -0.15) is 0 Å². The van der Waals surface area contributed by atoms with Crippen molar-refractivity contribution in [3.8, 4) is 5.75 Å². The van der Waals surface area contributed by atoms with Gasteiger partial charge in [0.15, 0.2) is 5.82 Å². The number of aromatic nitrogens is 3. The molecule has 0 unspecified atom stereocenters. The summed E-state index contributed by atoms with van der Waals surface area (Å²) in [5.74, 6) is 1.65. The van der Waals surface area contributed by atoms with Gasteiger partial charge in [-0.15, -0.1) is 10.2 Å². The molecular formula is C18H23N5O2. The molecule has 132 valence electrons. The molecule has 0 radical (unpaired) electrons. The normalized spacial score (nSPS) is 14.1. The van der Waals surface area contributed by atoms with Gasteiger partial charge in [0.2, 0.25) is 5.91 Å². The van der Waals surface area contributed by atoms with E-state index in [0.29, 0.717) is 19.7 Å². The molecule has 2 aromatic rings. The molecule has 0 N–H and O–H groups in total. The van der Waals surface area contributed by atoms with Crippen LogP contribution in [-0.4, -0.2) is 64.3 Å². The molecule has 0 aliphatic carbocycles. The van der Waals surface area contributed by atoms with Crippen LogP contribution in [0.5, 0.6) is 5.75 Å². The van der Waals surface area contributed by atoms with Crippen LogP contribution in [0.25, 0.3) is 6.08 Å². The zero-order chi connectivity index (χ0) is 17.6. The number of ether oxygens (including phenoxy) is 1. The van der Waals surface area contributed by atoms with Crippen LogP contribution in [0.15, 0.2) is 36.7 Å². The maximum Gasteiger partial charge on any atom is 0.247 e. The number of rotatable bonds is 6. The van der Waals surface area contributed by atoms with E-state index in [2.05, 4.69) is 15.1 Å². The number of amides is 1. The molecular weight excluding hydrogens is 318 g/mol. The van der Waals surface area contributed by atoms with E-state index in [1.807, 2.05) is 49.0 Å². The predicted octanol–water partition coefficient (Wildman–Crippen LogP) is 1.27. The molecule has 0 saturated carbocycles. The molecule has 0 spiro atoms. The number of likely N-dealkylation sites (N-methyl/N-ethyl adjacent to an activating group) is 1. The number of fused-ring (bicyclic) bond motifs is 1. The molecule has 7 heteroatoms. The predicted molar refractivity (Wildman–Crippen MR) is 95.0 cm³/mol. The minimum Gasteiger partial charge on any atom is -0.492 e. The van der Waals surface area contributed by atoms with E-state index >= 15 is 0 Å². The number of nitrogens with zero attached hydrogens (tertiary/aromatic N) is 5. The zero-order valence-corrected chi connectivity index (χ0v) is 14.6. The van der Waals surface area contributed by atoms with Crippen LogP contribution in [0, 0.1) is 0 Å². The Balaban J connectivity index is 1.52. The Morgan fingerprint density at radius 1 is 1.28 bits per heavy atom. The van der Waals surface area contributed by atoms with Gasteiger partial charge < -0.3 is 19.1 Å². The van der Waals surface area contributed by atoms with Crippen molar-refractivity contribution in [2.24, 2.45) is 0 Å². The third kappa shape index (κ3) is 4.67. The number of carbonyl (C=O) groups excluding carboxylic acids is 1. The average molecular weight is 341 g/mol. The summed E-state index contributed by atoms with van der Waals surface area (Å²) in [6.45, 7) is 3.44. The lowest BCUT2D eigenvalue weighted by Crippen LogP contribution is -2.37. The molecule has 0 fully saturated rings. The third-order valence-electron chi connectivity index (χ3n) is 4.06. The second-order valence-corrected chi connectivity index (χ2v) is 6.25. The van der Waals surface area contributed by atoms with Crippen LogP contribution in [0.3, 0.4) is 0 Å². The highest BCUT2D eigenvalue weighted by molar-refractivity contribution is 5.91. The largest absolute Gasteiger partial charge is 0.492 e. The highest BCUT2D eigenvalue weighted by atomic mass is 16.5. The third-order valence-corrected chi connectivity index (χ3v) is 4.06. The highest BCUT2D eigenvalue weighted by Crippen LogP contribution is 2.14. The van der Waals surface area contributed by atoms with Gasteiger partial charge in [-0.1, -0.05) is 12.1 Å². The first-order valence-corrected chi connectivity index (χ1v) is 8.33. The molecule has 1 aromatic heterocycles. The Hall–Kier alpha value is -2.67. The van der Waals surface area contributed by atoms with E-state index in [-0.39, 0.29) is 5.91 Å². The van der Waals surface area contributed by atoms with Crippen molar-refractivity contribution in [3.63, 3.8) is 0 Å². The van der Waals surface area contributed by atoms with Crippen molar-refractivity contribution in [1.29, 1.82) is 0 Å². The molecule has 0 bridgehead atoms. The van der Waals surface area contributed by atoms with Gasteiger partial charge >= 0.3 is 0 Å². The molecule has 7 nitrogen and oxygen atoms in total. The summed E-state index contributed by atoms with van der Waals surface area (Å²) < 4.78 is 7.64. The average Bonchev–Trinajstić information content (AvgIpc) is 3.08. The lowest BCUT2D eigenvalue weighted by atomic mass is 10.2. The smallest absolute Gasteiger partial charge is 0.247 e. The first-order chi connectivity index (χ1) is 12.1. The minimum atomic E-state index is -0.0134. The summed E-state index contributed by atoms with van der Waals surface area (Å²) in [5.41, 5.74) is 0.966. The minimum absolute atomic E-state index is 0.0134. The fourth-order valence-corrected chi connectivity index (χ4v) is 2.55. The number of hydrogen-bond acceptors (Lipinski definition) is 5. The van der Waals surface area contributed by atoms with Gasteiger partial charge in [0.1, 0.15) is 18.7 Å². The Bertz CT molecular complexity index is 736. The van der Waals surface area contributed by atoms with Gasteiger partial charge in [-0.05, 0) is 37.9 Å². The Morgan fingerprint density at radius 3 is 2.84 bits per heavy atom. The summed E-state index contributed by atoms with van der Waals surface area (Å²) >= 11 is 0. The van der Waals surface area contributed by atoms with E-state index in [9.17, 15) is 4.79 Å². The van der Waals surface area contributed by atoms with E-state index in [4.69, 9.17) is 4.74 Å². The van der Waals surface area contributed by atoms with Crippen molar-refractivity contribution in [1.82, 2.24) is 24.6 Å². The van der Waals surface area contributed by atoms with Crippen LogP contribution < -0.4 is 4.74 Å². The maximum absolute atomic E-state index is 12.3. The number of benzene rings is 1. The van der Waals surface area contributed by atoms with Crippen molar-refractivity contribution in [2.45, 2.75) is 13.1 Å². The lowest BCUT2D eigenvalue weighted by molar-refractivity contribution is -0.127. The number of hydrogen-bond donors (Lipinski definition) is 0. The molecule has 1 amide bonds. The summed E-state index contributed by atoms with van der Waals surface area (Å²) in [6.07, 6.45) is 5.13. The molecule has 1 aromatic carbocycles. The summed E-state index contributed by atoms with van der Waals surface area (Å²) in [7, 11) is 4.03. The van der Waals surface area contributed by atoms with Crippen LogP contribution in [0.2, 0.25) is 0 Å². The SMILES string of the molecule is CN(C)CCOc1ccc(C=CC(=O)N2CCn3cnnc3C2)cc1. The van der Waals surface area contributed by atoms with Gasteiger partial charge in [-0.25, -0.2) is 0 Å². The van der Waals surface area contributed by atoms with Gasteiger partial charge in [0.25, 0.3) is 0 Å². The van der Waals surface area contributed by atoms with Crippen LogP contribution in [0.4, 0.5) is 0 Å². The molecule has 25 heavy (non-hydrogen) atoms. The van der Waals surface area contributed by atoms with E-state index in [1.54, 1.807) is 17.3 Å². The van der Waals surface area contributed by atoms with E-state index < -0.39 is 0 Å². The van der Waals surface area contributed by atoms with Gasteiger partial charge in [0, 0.05) is 25.7 Å². The van der Waals surface area contributed by atoms with Crippen LogP contribution >= 0.6 is 0 Å². The first-order valence-electron chi connectivity index (χ1n) is 8.33. The second-order valence-electron chi connectivity index (χ2n) is 6.25. The van der Waals surface area contributed by atoms with Crippen molar-refractivity contribution in [2.75, 3.05) is 33.8 Å². The van der Waals surface area contributed by atoms with Crippen molar-refractivity contribution < 1.29 is 9.53 Å². The van der Waals surface area contributed by atoms with Crippen LogP contribution in [-0.2, 0) is 17.9 Å². The maximum atomic E-state index is 12.3. The van der Waals surface area contributed by atoms with Gasteiger partial charge in [0.05, 0.1) is 6.54 Å². The lowest BCUT2D eigenvalue weighted by Gasteiger charge is -2.25. The van der Waals surface area contributed by atoms with Crippen molar-refractivity contribution >= 4 is 12.0 Å². The molecule has 1 aliphatic rings. The Morgan fingerprint density at radius 2 is 2.08 bits per heavy atom. The summed E-state index contributed by atoms with van der Waals surface area (Å²) in [6, 6.07) is 7.73. The topological polar surface area (TPSA) is 63.5 Å². The Labute approximate surface area is 147 Å². The molecule has 1 aliphatic heterocycles. The summed E-state index contributed by atoms with van der Waals surface area (Å²) in [5, 5.41) is 7.90. The zero-order valence-electron chi connectivity index (χ0n) is 14.6. The van der Waals surface area contributed by atoms with Crippen LogP contribution in [0.1, 0.15) is 11.4 Å². The summed E-state index contributed by atoms with van der Waals surface area (Å²) in [4.78, 5) is 16.2. The molecule has 0 saturated heterocycles. The molecule has 2 heterocycles.